The van der Waals surface area contributed by atoms with Gasteiger partial charge in [-0.2, -0.15) is 0 Å². The summed E-state index contributed by atoms with van der Waals surface area (Å²) in [6, 6.07) is 31.2. The molecule has 0 fully saturated rings. The number of carbonyl (C=O) groups excluding carboxylic acids is 2. The van der Waals surface area contributed by atoms with Crippen LogP contribution in [0.15, 0.2) is 103 Å². The van der Waals surface area contributed by atoms with Crippen molar-refractivity contribution in [2.45, 2.75) is 0 Å². The van der Waals surface area contributed by atoms with Gasteiger partial charge in [0.2, 0.25) is 0 Å². The van der Waals surface area contributed by atoms with Crippen molar-refractivity contribution in [3.05, 3.63) is 125 Å². The zero-order chi connectivity index (χ0) is 25.8. The summed E-state index contributed by atoms with van der Waals surface area (Å²) in [6.45, 7) is -0.439. The molecule has 0 N–H and O–H groups in total. The summed E-state index contributed by atoms with van der Waals surface area (Å²) in [5.74, 6) is -0.920. The molecule has 4 aromatic carbocycles. The van der Waals surface area contributed by atoms with Gasteiger partial charge in [-0.15, -0.1) is 5.10 Å². The predicted molar refractivity (Wildman–Crippen MR) is 143 cm³/mol. The molecular weight excluding hydrogens is 509 g/mol. The Kier molecular flexibility index (Phi) is 7.12. The van der Waals surface area contributed by atoms with Crippen LogP contribution < -0.4 is 0 Å². The van der Waals surface area contributed by atoms with E-state index in [0.717, 1.165) is 16.7 Å². The van der Waals surface area contributed by atoms with E-state index in [1.165, 1.54) is 4.68 Å². The van der Waals surface area contributed by atoms with Gasteiger partial charge in [-0.1, -0.05) is 108 Å². The molecule has 0 radical (unpaired) electrons. The largest absolute Gasteiger partial charge is 0.451 e. The molecule has 0 atom stereocenters. The average Bonchev–Trinajstić information content (AvgIpc) is 3.40. The Morgan fingerprint density at radius 3 is 2.00 bits per heavy atom. The van der Waals surface area contributed by atoms with Crippen molar-refractivity contribution >= 4 is 35.0 Å². The minimum Gasteiger partial charge on any atom is -0.451 e. The molecule has 5 rings (SSSR count). The first-order chi connectivity index (χ1) is 18.0. The van der Waals surface area contributed by atoms with Gasteiger partial charge in [0.1, 0.15) is 0 Å². The Labute approximate surface area is 223 Å². The molecule has 0 spiro atoms. The van der Waals surface area contributed by atoms with E-state index in [1.807, 2.05) is 72.8 Å². The van der Waals surface area contributed by atoms with Crippen molar-refractivity contribution in [1.82, 2.24) is 14.8 Å². The van der Waals surface area contributed by atoms with Gasteiger partial charge in [-0.05, 0) is 29.3 Å². The summed E-state index contributed by atoms with van der Waals surface area (Å²) in [7, 11) is 0. The second-order valence-corrected chi connectivity index (χ2v) is 8.89. The summed E-state index contributed by atoms with van der Waals surface area (Å²) in [5, 5.41) is 5.07. The van der Waals surface area contributed by atoms with E-state index in [4.69, 9.17) is 27.9 Å². The molecule has 1 aromatic heterocycles. The second-order valence-electron chi connectivity index (χ2n) is 8.08. The Balaban J connectivity index is 1.34. The third-order valence-electron chi connectivity index (χ3n) is 5.62. The van der Waals surface area contributed by atoms with Crippen LogP contribution in [-0.2, 0) is 4.74 Å². The van der Waals surface area contributed by atoms with Crippen molar-refractivity contribution in [3.8, 4) is 28.2 Å². The van der Waals surface area contributed by atoms with Gasteiger partial charge in [0, 0.05) is 11.1 Å². The standard InChI is InChI=1S/C29H19Cl2N3O3/c30-24-16-15-23(17-25(24)31)34-28(22-9-5-2-6-10-22)32-27(33-34)29(36)37-18-26(35)21-13-11-20(12-14-21)19-7-3-1-4-8-19/h1-17H,18H2. The quantitative estimate of drug-likeness (QED) is 0.169. The highest BCUT2D eigenvalue weighted by Crippen LogP contribution is 2.27. The minimum atomic E-state index is -0.815. The Hall–Kier alpha value is -4.26. The normalized spacial score (nSPS) is 10.8. The summed E-state index contributed by atoms with van der Waals surface area (Å²) in [4.78, 5) is 29.9. The number of rotatable bonds is 7. The lowest BCUT2D eigenvalue weighted by Crippen LogP contribution is -2.15. The fourth-order valence-electron chi connectivity index (χ4n) is 3.73. The molecule has 0 aliphatic heterocycles. The summed E-state index contributed by atoms with van der Waals surface area (Å²) in [5.41, 5.74) is 3.77. The number of carbonyl (C=O) groups is 2. The smallest absolute Gasteiger partial charge is 0.378 e. The van der Waals surface area contributed by atoms with E-state index in [-0.39, 0.29) is 11.6 Å². The zero-order valence-corrected chi connectivity index (χ0v) is 20.9. The van der Waals surface area contributed by atoms with E-state index in [0.29, 0.717) is 27.1 Å². The second kappa shape index (κ2) is 10.8. The van der Waals surface area contributed by atoms with E-state index in [1.54, 1.807) is 30.3 Å². The van der Waals surface area contributed by atoms with Gasteiger partial charge in [0.05, 0.1) is 15.7 Å². The van der Waals surface area contributed by atoms with Crippen LogP contribution in [-0.4, -0.2) is 33.1 Å². The van der Waals surface area contributed by atoms with Crippen molar-refractivity contribution in [2.24, 2.45) is 0 Å². The lowest BCUT2D eigenvalue weighted by atomic mass is 10.0. The highest BCUT2D eigenvalue weighted by atomic mass is 35.5. The summed E-state index contributed by atoms with van der Waals surface area (Å²) in [6.07, 6.45) is 0. The molecule has 5 aromatic rings. The van der Waals surface area contributed by atoms with E-state index in [2.05, 4.69) is 10.1 Å². The molecular formula is C29H19Cl2N3O3. The molecule has 37 heavy (non-hydrogen) atoms. The zero-order valence-electron chi connectivity index (χ0n) is 19.3. The van der Waals surface area contributed by atoms with Crippen LogP contribution in [0.2, 0.25) is 10.0 Å². The lowest BCUT2D eigenvalue weighted by molar-refractivity contribution is 0.0462. The number of halogens is 2. The van der Waals surface area contributed by atoms with Crippen LogP contribution in [0.5, 0.6) is 0 Å². The predicted octanol–water partition coefficient (Wildman–Crippen LogP) is 6.95. The summed E-state index contributed by atoms with van der Waals surface area (Å²) < 4.78 is 6.75. The van der Waals surface area contributed by atoms with Crippen LogP contribution in [0.3, 0.4) is 0 Å². The van der Waals surface area contributed by atoms with Crippen molar-refractivity contribution < 1.29 is 14.3 Å². The molecule has 0 amide bonds. The number of esters is 1. The number of hydrogen-bond donors (Lipinski definition) is 0. The molecule has 182 valence electrons. The monoisotopic (exact) mass is 527 g/mol. The van der Waals surface area contributed by atoms with Crippen molar-refractivity contribution in [2.75, 3.05) is 6.61 Å². The maximum atomic E-state index is 12.8. The Morgan fingerprint density at radius 2 is 1.35 bits per heavy atom. The number of nitrogens with zero attached hydrogens (tertiary/aromatic N) is 3. The number of ether oxygens (including phenoxy) is 1. The van der Waals surface area contributed by atoms with Crippen molar-refractivity contribution in [3.63, 3.8) is 0 Å². The van der Waals surface area contributed by atoms with Gasteiger partial charge in [0.15, 0.2) is 18.2 Å². The van der Waals surface area contributed by atoms with Crippen LogP contribution in [0.1, 0.15) is 21.0 Å². The van der Waals surface area contributed by atoms with E-state index < -0.39 is 12.6 Å². The fourth-order valence-corrected chi connectivity index (χ4v) is 4.02. The molecule has 0 aliphatic carbocycles. The molecule has 0 saturated heterocycles. The molecule has 6 nitrogen and oxygen atoms in total. The van der Waals surface area contributed by atoms with Crippen LogP contribution >= 0.6 is 23.2 Å². The third-order valence-corrected chi connectivity index (χ3v) is 6.36. The van der Waals surface area contributed by atoms with Gasteiger partial charge in [-0.25, -0.2) is 14.5 Å². The van der Waals surface area contributed by atoms with Gasteiger partial charge >= 0.3 is 5.97 Å². The minimum absolute atomic E-state index is 0.183. The number of aromatic nitrogens is 3. The number of ketones is 1. The molecule has 0 unspecified atom stereocenters. The highest BCUT2D eigenvalue weighted by Gasteiger charge is 2.21. The number of hydrogen-bond acceptors (Lipinski definition) is 5. The highest BCUT2D eigenvalue weighted by molar-refractivity contribution is 6.42. The maximum absolute atomic E-state index is 12.8. The van der Waals surface area contributed by atoms with Gasteiger partial charge in [-0.3, -0.25) is 4.79 Å². The third kappa shape index (κ3) is 5.45. The first-order valence-corrected chi connectivity index (χ1v) is 12.1. The Bertz CT molecular complexity index is 1570. The SMILES string of the molecule is O=C(COC(=O)c1nc(-c2ccccc2)n(-c2ccc(Cl)c(Cl)c2)n1)c1ccc(-c2ccccc2)cc1. The average molecular weight is 528 g/mol. The number of Topliss-reactive ketones (excluding diaryl/α,β-unsaturated/α-hetero) is 1. The van der Waals surface area contributed by atoms with Gasteiger partial charge < -0.3 is 4.74 Å². The van der Waals surface area contributed by atoms with Crippen LogP contribution in [0.25, 0.3) is 28.2 Å². The Morgan fingerprint density at radius 1 is 0.730 bits per heavy atom. The molecule has 0 bridgehead atoms. The molecule has 8 heteroatoms. The topological polar surface area (TPSA) is 74.1 Å². The molecule has 0 aliphatic rings. The van der Waals surface area contributed by atoms with Gasteiger partial charge in [0.25, 0.3) is 5.82 Å². The van der Waals surface area contributed by atoms with E-state index >= 15 is 0 Å². The molecule has 0 saturated carbocycles. The van der Waals surface area contributed by atoms with Crippen molar-refractivity contribution in [1.29, 1.82) is 0 Å². The van der Waals surface area contributed by atoms with E-state index in [9.17, 15) is 9.59 Å². The number of benzene rings is 4. The fraction of sp³-hybridized carbons (Fsp3) is 0.0345. The van der Waals surface area contributed by atoms with Crippen LogP contribution in [0, 0.1) is 0 Å². The first-order valence-electron chi connectivity index (χ1n) is 11.3. The maximum Gasteiger partial charge on any atom is 0.378 e. The summed E-state index contributed by atoms with van der Waals surface area (Å²) >= 11 is 12.3. The van der Waals surface area contributed by atoms with Crippen LogP contribution in [0.4, 0.5) is 0 Å². The first kappa shape index (κ1) is 24.4. The molecule has 1 heterocycles. The lowest BCUT2D eigenvalue weighted by Gasteiger charge is -2.07.